The first-order valence-corrected chi connectivity index (χ1v) is 6.98. The molecule has 0 aliphatic rings. The van der Waals surface area contributed by atoms with E-state index >= 15 is 0 Å². The van der Waals surface area contributed by atoms with Gasteiger partial charge in [-0.3, -0.25) is 15.3 Å². The minimum atomic E-state index is -0.0821. The molecule has 6 heteroatoms. The first kappa shape index (κ1) is 19.1. The van der Waals surface area contributed by atoms with Crippen LogP contribution < -0.4 is 39.6 Å². The molecule has 122 valence electrons. The summed E-state index contributed by atoms with van der Waals surface area (Å²) in [6.45, 7) is 4.91. The summed E-state index contributed by atoms with van der Waals surface area (Å²) in [4.78, 5) is 23.2. The highest BCUT2D eigenvalue weighted by atomic mass is 127. The first-order valence-electron chi connectivity index (χ1n) is 6.98. The Morgan fingerprint density at radius 1 is 0.957 bits per heavy atom. The van der Waals surface area contributed by atoms with Gasteiger partial charge in [0.05, 0.1) is 18.8 Å². The molecule has 0 amide bonds. The molecule has 5 nitrogen and oxygen atoms in total. The molecule has 2 aromatic rings. The van der Waals surface area contributed by atoms with E-state index in [0.717, 1.165) is 11.4 Å². The average molecular weight is 425 g/mol. The molecular weight excluding hydrogens is 405 g/mol. The number of pyridine rings is 1. The first-order chi connectivity index (χ1) is 10.3. The molecule has 1 heterocycles. The molecule has 0 aliphatic heterocycles. The maximum absolute atomic E-state index is 11.6. The van der Waals surface area contributed by atoms with Crippen LogP contribution in [0.3, 0.4) is 0 Å². The molecule has 23 heavy (non-hydrogen) atoms. The van der Waals surface area contributed by atoms with Gasteiger partial charge in [0.2, 0.25) is 0 Å². The maximum Gasteiger partial charge on any atom is 0.274 e. The van der Waals surface area contributed by atoms with Crippen molar-refractivity contribution in [3.63, 3.8) is 0 Å². The fraction of sp³-hybridized carbons (Fsp3) is 0.235. The zero-order chi connectivity index (χ0) is 16.4. The summed E-state index contributed by atoms with van der Waals surface area (Å²) in [7, 11) is 1.89. The van der Waals surface area contributed by atoms with Gasteiger partial charge in [0.1, 0.15) is 5.69 Å². The van der Waals surface area contributed by atoms with Gasteiger partial charge in [-0.1, -0.05) is 0 Å². The molecule has 0 fully saturated rings. The van der Waals surface area contributed by atoms with Crippen LogP contribution in [0.4, 0.5) is 17.2 Å². The number of aromatic nitrogens is 1. The van der Waals surface area contributed by atoms with Crippen molar-refractivity contribution in [3.8, 4) is 0 Å². The van der Waals surface area contributed by atoms with E-state index in [1.807, 2.05) is 24.6 Å². The summed E-state index contributed by atoms with van der Waals surface area (Å²) in [5.74, 6) is 0.458. The number of carbonyl (C=O) groups excluding carboxylic acids is 2. The highest BCUT2D eigenvalue weighted by molar-refractivity contribution is 6.01. The largest absolute Gasteiger partial charge is 1.00 e. The molecule has 0 saturated heterocycles. The smallest absolute Gasteiger partial charge is 0.274 e. The molecule has 0 unspecified atom stereocenters. The van der Waals surface area contributed by atoms with Crippen LogP contribution in [0.1, 0.15) is 40.3 Å². The third-order valence-electron chi connectivity index (χ3n) is 3.62. The number of nitrogens with zero attached hydrogens (tertiary/aromatic N) is 1. The monoisotopic (exact) mass is 425 g/mol. The number of halogens is 1. The Hall–Kier alpha value is -1.96. The van der Waals surface area contributed by atoms with Crippen LogP contribution in [0.2, 0.25) is 0 Å². The second-order valence-electron chi connectivity index (χ2n) is 5.41. The fourth-order valence-electron chi connectivity index (χ4n) is 2.17. The lowest BCUT2D eigenvalue weighted by molar-refractivity contribution is -0.663. The second kappa shape index (κ2) is 7.54. The van der Waals surface area contributed by atoms with E-state index in [2.05, 4.69) is 5.32 Å². The Labute approximate surface area is 152 Å². The molecule has 0 atom stereocenters. The molecule has 1 aromatic heterocycles. The van der Waals surface area contributed by atoms with Crippen molar-refractivity contribution < 1.29 is 38.1 Å². The summed E-state index contributed by atoms with van der Waals surface area (Å²) in [6, 6.07) is 8.83. The Balaban J connectivity index is 0.00000264. The van der Waals surface area contributed by atoms with Crippen molar-refractivity contribution >= 4 is 28.8 Å². The van der Waals surface area contributed by atoms with E-state index in [9.17, 15) is 9.59 Å². The summed E-state index contributed by atoms with van der Waals surface area (Å²) in [5.41, 5.74) is 9.44. The number of nitrogen functional groups attached to an aromatic ring is 1. The zero-order valence-electron chi connectivity index (χ0n) is 13.6. The molecule has 2 rings (SSSR count). The van der Waals surface area contributed by atoms with E-state index < -0.39 is 0 Å². The van der Waals surface area contributed by atoms with Gasteiger partial charge < -0.3 is 29.3 Å². The standard InChI is InChI=1S/C17H19N3O2.HI/c1-10-5-15(9-17(18)20(10)4)19-16-7-13(11(2)21)6-14(8-16)12(3)22;/h5-9H,1-4H3,(H2,18,19);1H. The van der Waals surface area contributed by atoms with Crippen molar-refractivity contribution in [1.29, 1.82) is 0 Å². The molecular formula is C17H20IN3O2. The molecule has 0 saturated carbocycles. The molecule has 3 N–H and O–H groups in total. The quantitative estimate of drug-likeness (QED) is 0.396. The normalized spacial score (nSPS) is 9.91. The van der Waals surface area contributed by atoms with E-state index in [1.165, 1.54) is 13.8 Å². The third-order valence-corrected chi connectivity index (χ3v) is 3.62. The van der Waals surface area contributed by atoms with Crippen LogP contribution in [-0.2, 0) is 7.05 Å². The number of aryl methyl sites for hydroxylation is 1. The van der Waals surface area contributed by atoms with Gasteiger partial charge in [0.25, 0.3) is 5.82 Å². The van der Waals surface area contributed by atoms with Gasteiger partial charge >= 0.3 is 0 Å². The minimum Gasteiger partial charge on any atom is -1.00 e. The third kappa shape index (κ3) is 4.51. The maximum atomic E-state index is 11.6. The van der Waals surface area contributed by atoms with Crippen molar-refractivity contribution in [3.05, 3.63) is 47.2 Å². The Kier molecular flexibility index (Phi) is 6.26. The van der Waals surface area contributed by atoms with E-state index in [4.69, 9.17) is 5.73 Å². The number of hydrogen-bond donors (Lipinski definition) is 2. The van der Waals surface area contributed by atoms with Crippen LogP contribution in [0.25, 0.3) is 0 Å². The number of rotatable bonds is 4. The average Bonchev–Trinajstić information content (AvgIpc) is 2.44. The Morgan fingerprint density at radius 2 is 1.43 bits per heavy atom. The van der Waals surface area contributed by atoms with Gasteiger partial charge in [0, 0.05) is 22.9 Å². The lowest BCUT2D eigenvalue weighted by Gasteiger charge is -2.11. The Morgan fingerprint density at radius 3 is 1.87 bits per heavy atom. The van der Waals surface area contributed by atoms with Gasteiger partial charge in [-0.15, -0.1) is 0 Å². The molecule has 0 spiro atoms. The highest BCUT2D eigenvalue weighted by Crippen LogP contribution is 2.22. The number of ketones is 2. The predicted octanol–water partition coefficient (Wildman–Crippen LogP) is -0.445. The molecule has 0 radical (unpaired) electrons. The van der Waals surface area contributed by atoms with Gasteiger partial charge in [0.15, 0.2) is 11.6 Å². The van der Waals surface area contributed by atoms with E-state index in [0.29, 0.717) is 22.6 Å². The number of Topliss-reactive ketones (excluding diaryl/α,β-unsaturated/α-hetero) is 2. The van der Waals surface area contributed by atoms with E-state index in [1.54, 1.807) is 24.3 Å². The number of nitrogens with one attached hydrogen (secondary N) is 1. The van der Waals surface area contributed by atoms with Crippen LogP contribution in [0, 0.1) is 6.92 Å². The summed E-state index contributed by atoms with van der Waals surface area (Å²) >= 11 is 0. The van der Waals surface area contributed by atoms with Crippen LogP contribution in [0.5, 0.6) is 0 Å². The molecule has 0 bridgehead atoms. The lowest BCUT2D eigenvalue weighted by Crippen LogP contribution is -3.00. The van der Waals surface area contributed by atoms with Crippen LogP contribution >= 0.6 is 0 Å². The van der Waals surface area contributed by atoms with Gasteiger partial charge in [-0.2, -0.15) is 0 Å². The van der Waals surface area contributed by atoms with Gasteiger partial charge in [-0.25, -0.2) is 4.57 Å². The van der Waals surface area contributed by atoms with Gasteiger partial charge in [-0.05, 0) is 39.0 Å². The van der Waals surface area contributed by atoms with Crippen LogP contribution in [-0.4, -0.2) is 11.6 Å². The lowest BCUT2D eigenvalue weighted by atomic mass is 10.0. The summed E-state index contributed by atoms with van der Waals surface area (Å²) < 4.78 is 1.87. The van der Waals surface area contributed by atoms with Crippen molar-refractivity contribution in [2.24, 2.45) is 7.05 Å². The molecule has 1 aromatic carbocycles. The number of benzene rings is 1. The van der Waals surface area contributed by atoms with Crippen molar-refractivity contribution in [2.45, 2.75) is 20.8 Å². The highest BCUT2D eigenvalue weighted by Gasteiger charge is 2.10. The van der Waals surface area contributed by atoms with Crippen molar-refractivity contribution in [2.75, 3.05) is 11.1 Å². The second-order valence-corrected chi connectivity index (χ2v) is 5.41. The van der Waals surface area contributed by atoms with Crippen LogP contribution in [0.15, 0.2) is 30.3 Å². The Bertz CT molecular complexity index is 717. The number of hydrogen-bond acceptors (Lipinski definition) is 4. The van der Waals surface area contributed by atoms with Crippen molar-refractivity contribution in [1.82, 2.24) is 0 Å². The minimum absolute atomic E-state index is 0. The molecule has 0 aliphatic carbocycles. The van der Waals surface area contributed by atoms with E-state index in [-0.39, 0.29) is 35.5 Å². The number of anilines is 3. The summed E-state index contributed by atoms with van der Waals surface area (Å²) in [6.07, 6.45) is 0. The summed E-state index contributed by atoms with van der Waals surface area (Å²) in [5, 5.41) is 3.21. The fourth-order valence-corrected chi connectivity index (χ4v) is 2.17. The SMILES string of the molecule is CC(=O)c1cc(Nc2cc(C)[n+](C)c(N)c2)cc(C(C)=O)c1.[I-]. The number of nitrogens with two attached hydrogens (primary N) is 1. The number of carbonyl (C=O) groups is 2. The zero-order valence-corrected chi connectivity index (χ0v) is 15.8. The predicted molar refractivity (Wildman–Crippen MR) is 86.5 cm³/mol. The topological polar surface area (TPSA) is 76.1 Å².